The van der Waals surface area contributed by atoms with Gasteiger partial charge < -0.3 is 15.5 Å². The second-order valence-corrected chi connectivity index (χ2v) is 8.49. The number of halogens is 1. The first-order chi connectivity index (χ1) is 13.0. The van der Waals surface area contributed by atoms with Crippen LogP contribution in [0.25, 0.3) is 0 Å². The second kappa shape index (κ2) is 10.5. The Balaban J connectivity index is 0.00000280. The minimum atomic E-state index is 0. The van der Waals surface area contributed by atoms with E-state index in [1.54, 1.807) is 0 Å². The molecular formula is C22H35IN4O. The predicted molar refractivity (Wildman–Crippen MR) is 126 cm³/mol. The zero-order chi connectivity index (χ0) is 19.3. The summed E-state index contributed by atoms with van der Waals surface area (Å²) in [6.07, 6.45) is 5.65. The fraction of sp³-hybridized carbons (Fsp3) is 0.636. The van der Waals surface area contributed by atoms with Crippen molar-refractivity contribution in [3.05, 3.63) is 35.9 Å². The first kappa shape index (κ1) is 23.0. The molecule has 1 aliphatic heterocycles. The third kappa shape index (κ3) is 6.36. The van der Waals surface area contributed by atoms with Crippen LogP contribution >= 0.6 is 24.0 Å². The molecule has 1 aromatic carbocycles. The number of carbonyl (C=O) groups is 1. The molecule has 0 unspecified atom stereocenters. The van der Waals surface area contributed by atoms with Crippen molar-refractivity contribution in [2.24, 2.45) is 16.3 Å². The molecule has 5 nitrogen and oxygen atoms in total. The van der Waals surface area contributed by atoms with Gasteiger partial charge in [0, 0.05) is 38.6 Å². The number of likely N-dealkylation sites (tertiary alicyclic amines) is 1. The zero-order valence-electron chi connectivity index (χ0n) is 17.4. The first-order valence-electron chi connectivity index (χ1n) is 10.3. The lowest BCUT2D eigenvalue weighted by Crippen LogP contribution is -2.51. The van der Waals surface area contributed by atoms with E-state index in [9.17, 15) is 4.79 Å². The van der Waals surface area contributed by atoms with Crippen LogP contribution in [0.3, 0.4) is 0 Å². The van der Waals surface area contributed by atoms with Crippen LogP contribution < -0.4 is 10.6 Å². The van der Waals surface area contributed by atoms with E-state index in [0.717, 1.165) is 44.9 Å². The molecule has 1 aliphatic carbocycles. The third-order valence-electron chi connectivity index (χ3n) is 5.87. The highest BCUT2D eigenvalue weighted by Crippen LogP contribution is 2.47. The van der Waals surface area contributed by atoms with Crippen LogP contribution in [0.15, 0.2) is 35.3 Å². The van der Waals surface area contributed by atoms with E-state index in [4.69, 9.17) is 0 Å². The van der Waals surface area contributed by atoms with Crippen LogP contribution in [0.4, 0.5) is 0 Å². The largest absolute Gasteiger partial charge is 0.356 e. The minimum Gasteiger partial charge on any atom is -0.356 e. The Morgan fingerprint density at radius 1 is 1.21 bits per heavy atom. The number of hydrogen-bond donors (Lipinski definition) is 2. The molecule has 0 atom stereocenters. The van der Waals surface area contributed by atoms with Crippen molar-refractivity contribution >= 4 is 35.8 Å². The Bertz CT molecular complexity index is 650. The van der Waals surface area contributed by atoms with E-state index in [1.165, 1.54) is 18.4 Å². The molecule has 2 N–H and O–H groups in total. The van der Waals surface area contributed by atoms with Crippen LogP contribution in [0.5, 0.6) is 0 Å². The van der Waals surface area contributed by atoms with Gasteiger partial charge in [0.25, 0.3) is 0 Å². The van der Waals surface area contributed by atoms with Crippen molar-refractivity contribution in [1.29, 1.82) is 0 Å². The number of nitrogens with zero attached hydrogens (tertiary/aromatic N) is 2. The highest BCUT2D eigenvalue weighted by Gasteiger charge is 2.42. The van der Waals surface area contributed by atoms with E-state index < -0.39 is 0 Å². The third-order valence-corrected chi connectivity index (χ3v) is 5.87. The second-order valence-electron chi connectivity index (χ2n) is 8.49. The SMILES string of the molecule is CN=C(NCC1(Cc2ccccc2)CC1)NC1CCN(C(=O)C(C)C)CC1.I. The van der Waals surface area contributed by atoms with E-state index in [2.05, 4.69) is 46.0 Å². The summed E-state index contributed by atoms with van der Waals surface area (Å²) in [6, 6.07) is 11.1. The summed E-state index contributed by atoms with van der Waals surface area (Å²) >= 11 is 0. The van der Waals surface area contributed by atoms with Gasteiger partial charge in [0.2, 0.25) is 5.91 Å². The molecule has 2 aliphatic rings. The summed E-state index contributed by atoms with van der Waals surface area (Å²) in [7, 11) is 1.84. The summed E-state index contributed by atoms with van der Waals surface area (Å²) in [6.45, 7) is 6.59. The molecule has 28 heavy (non-hydrogen) atoms. The van der Waals surface area contributed by atoms with Crippen molar-refractivity contribution in [1.82, 2.24) is 15.5 Å². The molecule has 1 amide bonds. The minimum absolute atomic E-state index is 0. The molecule has 1 saturated heterocycles. The maximum atomic E-state index is 12.1. The molecule has 0 radical (unpaired) electrons. The van der Waals surface area contributed by atoms with Crippen molar-refractivity contribution in [3.8, 4) is 0 Å². The van der Waals surface area contributed by atoms with Gasteiger partial charge in [-0.1, -0.05) is 44.2 Å². The van der Waals surface area contributed by atoms with Crippen molar-refractivity contribution < 1.29 is 4.79 Å². The molecule has 6 heteroatoms. The van der Waals surface area contributed by atoms with Gasteiger partial charge in [-0.25, -0.2) is 0 Å². The highest BCUT2D eigenvalue weighted by molar-refractivity contribution is 14.0. The van der Waals surface area contributed by atoms with Crippen LogP contribution in [-0.2, 0) is 11.2 Å². The molecule has 0 bridgehead atoms. The number of guanidine groups is 1. The molecule has 1 saturated carbocycles. The average Bonchev–Trinajstić information content (AvgIpc) is 3.45. The molecule has 0 aromatic heterocycles. The maximum absolute atomic E-state index is 12.1. The van der Waals surface area contributed by atoms with Crippen LogP contribution in [-0.4, -0.2) is 49.5 Å². The lowest BCUT2D eigenvalue weighted by atomic mass is 9.96. The monoisotopic (exact) mass is 498 g/mol. The number of hydrogen-bond acceptors (Lipinski definition) is 2. The van der Waals surface area contributed by atoms with Gasteiger partial charge in [0.1, 0.15) is 0 Å². The molecule has 156 valence electrons. The number of nitrogens with one attached hydrogen (secondary N) is 2. The Morgan fingerprint density at radius 3 is 2.39 bits per heavy atom. The quantitative estimate of drug-likeness (QED) is 0.359. The van der Waals surface area contributed by atoms with Crippen molar-refractivity contribution in [3.63, 3.8) is 0 Å². The molecule has 3 rings (SSSR count). The fourth-order valence-corrected chi connectivity index (χ4v) is 3.89. The fourth-order valence-electron chi connectivity index (χ4n) is 3.89. The number of aliphatic imine (C=N–C) groups is 1. The molecular weight excluding hydrogens is 463 g/mol. The van der Waals surface area contributed by atoms with E-state index in [0.29, 0.717) is 11.5 Å². The van der Waals surface area contributed by atoms with E-state index in [1.807, 2.05) is 25.8 Å². The Hall–Kier alpha value is -1.31. The van der Waals surface area contributed by atoms with Gasteiger partial charge in [-0.05, 0) is 43.1 Å². The summed E-state index contributed by atoms with van der Waals surface area (Å²) in [5.74, 6) is 1.25. The zero-order valence-corrected chi connectivity index (χ0v) is 19.7. The van der Waals surface area contributed by atoms with Crippen LogP contribution in [0, 0.1) is 11.3 Å². The van der Waals surface area contributed by atoms with Crippen LogP contribution in [0.2, 0.25) is 0 Å². The maximum Gasteiger partial charge on any atom is 0.225 e. The summed E-state index contributed by atoms with van der Waals surface area (Å²) in [4.78, 5) is 18.5. The highest BCUT2D eigenvalue weighted by atomic mass is 127. The van der Waals surface area contributed by atoms with Gasteiger partial charge in [0.05, 0.1) is 0 Å². The topological polar surface area (TPSA) is 56.7 Å². The number of amides is 1. The molecule has 1 aromatic rings. The summed E-state index contributed by atoms with van der Waals surface area (Å²) in [5.41, 5.74) is 1.80. The lowest BCUT2D eigenvalue weighted by Gasteiger charge is -2.34. The Kier molecular flexibility index (Phi) is 8.58. The van der Waals surface area contributed by atoms with E-state index in [-0.39, 0.29) is 35.8 Å². The number of piperidine rings is 1. The predicted octanol–water partition coefficient (Wildman–Crippen LogP) is 3.44. The van der Waals surface area contributed by atoms with E-state index >= 15 is 0 Å². The first-order valence-corrected chi connectivity index (χ1v) is 10.3. The van der Waals surface area contributed by atoms with Crippen LogP contribution in [0.1, 0.15) is 45.1 Å². The van der Waals surface area contributed by atoms with Gasteiger partial charge in [-0.15, -0.1) is 24.0 Å². The van der Waals surface area contributed by atoms with Crippen molar-refractivity contribution in [2.75, 3.05) is 26.7 Å². The van der Waals surface area contributed by atoms with Gasteiger partial charge in [-0.3, -0.25) is 9.79 Å². The standard InChI is InChI=1S/C22H34N4O.HI/c1-17(2)20(27)26-13-9-19(10-14-26)25-21(23-3)24-16-22(11-12-22)15-18-7-5-4-6-8-18;/h4-8,17,19H,9-16H2,1-3H3,(H2,23,24,25);1H. The normalized spacial score (nSPS) is 19.1. The summed E-state index contributed by atoms with van der Waals surface area (Å²) < 4.78 is 0. The van der Waals surface area contributed by atoms with Gasteiger partial charge in [0.15, 0.2) is 5.96 Å². The number of benzene rings is 1. The molecule has 0 spiro atoms. The molecule has 2 fully saturated rings. The molecule has 1 heterocycles. The average molecular weight is 498 g/mol. The summed E-state index contributed by atoms with van der Waals surface area (Å²) in [5, 5.41) is 7.11. The number of carbonyl (C=O) groups excluding carboxylic acids is 1. The smallest absolute Gasteiger partial charge is 0.225 e. The lowest BCUT2D eigenvalue weighted by molar-refractivity contribution is -0.135. The number of rotatable bonds is 6. The van der Waals surface area contributed by atoms with Crippen molar-refractivity contribution in [2.45, 2.75) is 52.0 Å². The van der Waals surface area contributed by atoms with Gasteiger partial charge in [-0.2, -0.15) is 0 Å². The Morgan fingerprint density at radius 2 is 1.86 bits per heavy atom. The van der Waals surface area contributed by atoms with Gasteiger partial charge >= 0.3 is 0 Å². The Labute approximate surface area is 186 Å².